The number of anilines is 1. The molecule has 7 nitrogen and oxygen atoms in total. The summed E-state index contributed by atoms with van der Waals surface area (Å²) >= 11 is 0. The molecule has 0 spiro atoms. The van der Waals surface area contributed by atoms with Crippen molar-refractivity contribution in [3.8, 4) is 5.75 Å². The molecule has 1 fully saturated rings. The van der Waals surface area contributed by atoms with E-state index < -0.39 is 6.10 Å². The first-order valence-corrected chi connectivity index (χ1v) is 9.14. The smallest absolute Gasteiger partial charge is 0.265 e. The van der Waals surface area contributed by atoms with Crippen LogP contribution in [-0.2, 0) is 20.8 Å². The second-order valence-electron chi connectivity index (χ2n) is 6.77. The van der Waals surface area contributed by atoms with Crippen LogP contribution in [-0.4, -0.2) is 59.8 Å². The van der Waals surface area contributed by atoms with Crippen molar-refractivity contribution in [2.75, 3.05) is 31.5 Å². The number of benzene rings is 1. The van der Waals surface area contributed by atoms with E-state index in [1.54, 1.807) is 24.0 Å². The minimum atomic E-state index is -0.512. The molecule has 1 aromatic carbocycles. The van der Waals surface area contributed by atoms with E-state index in [0.29, 0.717) is 44.0 Å². The highest BCUT2D eigenvalue weighted by Gasteiger charge is 2.26. The lowest BCUT2D eigenvalue weighted by atomic mass is 10.1. The molecule has 1 saturated heterocycles. The largest absolute Gasteiger partial charge is 0.479 e. The van der Waals surface area contributed by atoms with Crippen LogP contribution < -0.4 is 10.1 Å². The van der Waals surface area contributed by atoms with E-state index >= 15 is 0 Å². The highest BCUT2D eigenvalue weighted by atomic mass is 16.5. The van der Waals surface area contributed by atoms with Gasteiger partial charge in [0, 0.05) is 32.6 Å². The molecule has 3 rings (SSSR count). The third kappa shape index (κ3) is 3.98. The number of hydrogen-bond donors (Lipinski definition) is 1. The van der Waals surface area contributed by atoms with Crippen LogP contribution in [0.4, 0.5) is 5.69 Å². The van der Waals surface area contributed by atoms with Gasteiger partial charge in [0.2, 0.25) is 11.8 Å². The lowest BCUT2D eigenvalue weighted by Gasteiger charge is -2.35. The summed E-state index contributed by atoms with van der Waals surface area (Å²) < 4.78 is 5.53. The zero-order chi connectivity index (χ0) is 18.7. The fourth-order valence-electron chi connectivity index (χ4n) is 3.23. The Kier molecular flexibility index (Phi) is 5.44. The molecule has 0 aliphatic carbocycles. The molecule has 26 heavy (non-hydrogen) atoms. The molecule has 3 amide bonds. The van der Waals surface area contributed by atoms with E-state index in [1.165, 1.54) is 0 Å². The van der Waals surface area contributed by atoms with Crippen LogP contribution in [0.2, 0.25) is 0 Å². The Hall–Kier alpha value is -2.57. The van der Waals surface area contributed by atoms with Crippen molar-refractivity contribution >= 4 is 23.4 Å². The number of piperazine rings is 1. The van der Waals surface area contributed by atoms with Gasteiger partial charge in [0.15, 0.2) is 6.10 Å². The van der Waals surface area contributed by atoms with Gasteiger partial charge in [-0.15, -0.1) is 0 Å². The summed E-state index contributed by atoms with van der Waals surface area (Å²) in [5, 5.41) is 2.80. The van der Waals surface area contributed by atoms with Gasteiger partial charge in [-0.05, 0) is 31.0 Å². The minimum absolute atomic E-state index is 0.0314. The van der Waals surface area contributed by atoms with Gasteiger partial charge in [0.1, 0.15) is 5.75 Å². The number of rotatable bonds is 4. The molecular formula is C19H25N3O4. The first kappa shape index (κ1) is 18.2. The summed E-state index contributed by atoms with van der Waals surface area (Å²) in [4.78, 5) is 39.8. The molecule has 1 atom stereocenters. The molecule has 1 unspecified atom stereocenters. The molecule has 2 heterocycles. The van der Waals surface area contributed by atoms with Gasteiger partial charge in [-0.25, -0.2) is 0 Å². The predicted molar refractivity (Wildman–Crippen MR) is 96.9 cm³/mol. The summed E-state index contributed by atoms with van der Waals surface area (Å²) in [5.41, 5.74) is 1.44. The molecule has 0 aromatic heterocycles. The van der Waals surface area contributed by atoms with Crippen molar-refractivity contribution in [1.29, 1.82) is 0 Å². The van der Waals surface area contributed by atoms with Crippen molar-refractivity contribution in [2.24, 2.45) is 0 Å². The van der Waals surface area contributed by atoms with Gasteiger partial charge in [-0.1, -0.05) is 13.0 Å². The first-order chi connectivity index (χ1) is 12.5. The topological polar surface area (TPSA) is 79.0 Å². The number of nitrogens with one attached hydrogen (secondary N) is 1. The van der Waals surface area contributed by atoms with Gasteiger partial charge in [0.05, 0.1) is 12.1 Å². The second kappa shape index (κ2) is 7.76. The maximum atomic E-state index is 12.6. The Morgan fingerprint density at radius 2 is 1.81 bits per heavy atom. The molecule has 0 saturated carbocycles. The Bertz CT molecular complexity index is 711. The van der Waals surface area contributed by atoms with Gasteiger partial charge in [-0.3, -0.25) is 14.4 Å². The average Bonchev–Trinajstić information content (AvgIpc) is 2.63. The number of fused-ring (bicyclic) bond motifs is 1. The third-order valence-corrected chi connectivity index (χ3v) is 4.78. The van der Waals surface area contributed by atoms with Crippen LogP contribution in [0, 0.1) is 0 Å². The number of amides is 3. The Morgan fingerprint density at radius 3 is 2.46 bits per heavy atom. The molecular weight excluding hydrogens is 334 g/mol. The zero-order valence-electron chi connectivity index (χ0n) is 15.3. The van der Waals surface area contributed by atoms with Crippen LogP contribution in [0.15, 0.2) is 18.2 Å². The van der Waals surface area contributed by atoms with Crippen LogP contribution in [0.5, 0.6) is 5.75 Å². The number of ether oxygens (including phenoxy) is 1. The number of hydrogen-bond acceptors (Lipinski definition) is 4. The molecule has 1 N–H and O–H groups in total. The van der Waals surface area contributed by atoms with Crippen LogP contribution in [0.1, 0.15) is 32.3 Å². The molecule has 2 aliphatic rings. The number of carbonyl (C=O) groups excluding carboxylic acids is 3. The van der Waals surface area contributed by atoms with E-state index in [-0.39, 0.29) is 24.1 Å². The minimum Gasteiger partial charge on any atom is -0.479 e. The van der Waals surface area contributed by atoms with Gasteiger partial charge in [-0.2, -0.15) is 0 Å². The zero-order valence-corrected chi connectivity index (χ0v) is 15.3. The van der Waals surface area contributed by atoms with E-state index in [9.17, 15) is 14.4 Å². The van der Waals surface area contributed by atoms with Crippen LogP contribution >= 0.6 is 0 Å². The lowest BCUT2D eigenvalue weighted by molar-refractivity contribution is -0.139. The quantitative estimate of drug-likeness (QED) is 0.882. The second-order valence-corrected chi connectivity index (χ2v) is 6.77. The molecule has 140 valence electrons. The summed E-state index contributed by atoms with van der Waals surface area (Å²) in [6.45, 7) is 6.01. The highest BCUT2D eigenvalue weighted by Crippen LogP contribution is 2.30. The van der Waals surface area contributed by atoms with E-state index in [0.717, 1.165) is 12.0 Å². The van der Waals surface area contributed by atoms with Crippen LogP contribution in [0.3, 0.4) is 0 Å². The van der Waals surface area contributed by atoms with Crippen molar-refractivity contribution in [3.63, 3.8) is 0 Å². The van der Waals surface area contributed by atoms with Crippen molar-refractivity contribution < 1.29 is 19.1 Å². The van der Waals surface area contributed by atoms with Gasteiger partial charge >= 0.3 is 0 Å². The predicted octanol–water partition coefficient (Wildman–Crippen LogP) is 1.42. The SMILES string of the molecule is CCCC(=O)N1CCN(C(=O)Cc2ccc3c(c2)NC(=O)C(C)O3)CC1. The van der Waals surface area contributed by atoms with E-state index in [1.807, 2.05) is 17.9 Å². The molecule has 0 bridgehead atoms. The van der Waals surface area contributed by atoms with E-state index in [2.05, 4.69) is 5.32 Å². The lowest BCUT2D eigenvalue weighted by Crippen LogP contribution is -2.50. The average molecular weight is 359 g/mol. The number of nitrogens with zero attached hydrogens (tertiary/aromatic N) is 2. The molecule has 0 radical (unpaired) electrons. The van der Waals surface area contributed by atoms with Crippen molar-refractivity contribution in [2.45, 2.75) is 39.2 Å². The first-order valence-electron chi connectivity index (χ1n) is 9.14. The maximum Gasteiger partial charge on any atom is 0.265 e. The normalized spacial score (nSPS) is 19.5. The van der Waals surface area contributed by atoms with Crippen molar-refractivity contribution in [1.82, 2.24) is 9.80 Å². The van der Waals surface area contributed by atoms with Crippen LogP contribution in [0.25, 0.3) is 0 Å². The van der Waals surface area contributed by atoms with E-state index in [4.69, 9.17) is 4.74 Å². The summed E-state index contributed by atoms with van der Waals surface area (Å²) in [5.74, 6) is 0.633. The standard InChI is InChI=1S/C19H25N3O4/c1-3-4-17(23)21-7-9-22(10-8-21)18(24)12-14-5-6-16-15(11-14)20-19(25)13(2)26-16/h5-6,11,13H,3-4,7-10,12H2,1-2H3,(H,20,25). The third-order valence-electron chi connectivity index (χ3n) is 4.78. The fourth-order valence-corrected chi connectivity index (χ4v) is 3.23. The maximum absolute atomic E-state index is 12.6. The summed E-state index contributed by atoms with van der Waals surface area (Å²) in [6, 6.07) is 5.43. The Morgan fingerprint density at radius 1 is 1.15 bits per heavy atom. The Labute approximate surface area is 153 Å². The molecule has 2 aliphatic heterocycles. The Balaban J connectivity index is 1.57. The van der Waals surface area contributed by atoms with Gasteiger partial charge in [0.25, 0.3) is 5.91 Å². The molecule has 1 aromatic rings. The molecule has 7 heteroatoms. The fraction of sp³-hybridized carbons (Fsp3) is 0.526. The summed E-state index contributed by atoms with van der Waals surface area (Å²) in [6.07, 6.45) is 1.16. The number of carbonyl (C=O) groups is 3. The van der Waals surface area contributed by atoms with Gasteiger partial charge < -0.3 is 19.9 Å². The highest BCUT2D eigenvalue weighted by molar-refractivity contribution is 5.97. The summed E-state index contributed by atoms with van der Waals surface area (Å²) in [7, 11) is 0. The monoisotopic (exact) mass is 359 g/mol. The van der Waals surface area contributed by atoms with Crippen molar-refractivity contribution in [3.05, 3.63) is 23.8 Å².